The highest BCUT2D eigenvalue weighted by Crippen LogP contribution is 2.30. The number of rotatable bonds is 9. The zero-order chi connectivity index (χ0) is 28.9. The van der Waals surface area contributed by atoms with Crippen molar-refractivity contribution in [3.8, 4) is 11.6 Å². The molecule has 12 nitrogen and oxygen atoms in total. The number of ether oxygens (including phenoxy) is 3. The fourth-order valence-electron chi connectivity index (χ4n) is 4.26. The number of hydrogen-bond acceptors (Lipinski definition) is 8. The fourth-order valence-corrected chi connectivity index (χ4v) is 4.26. The lowest BCUT2D eigenvalue weighted by Gasteiger charge is -2.30. The average molecular weight is 542 g/mol. The van der Waals surface area contributed by atoms with E-state index in [1.165, 1.54) is 16.8 Å². The average Bonchev–Trinajstić information content (AvgIpc) is 3.30. The first-order valence-electron chi connectivity index (χ1n) is 12.4. The Morgan fingerprint density at radius 2 is 2.00 bits per heavy atom. The van der Waals surface area contributed by atoms with Crippen molar-refractivity contribution in [2.45, 2.75) is 51.0 Å². The van der Waals surface area contributed by atoms with Crippen molar-refractivity contribution < 1.29 is 33.4 Å². The van der Waals surface area contributed by atoms with Gasteiger partial charge in [-0.05, 0) is 56.5 Å². The summed E-state index contributed by atoms with van der Waals surface area (Å²) in [5.74, 6) is -0.787. The van der Waals surface area contributed by atoms with E-state index in [0.29, 0.717) is 11.6 Å². The van der Waals surface area contributed by atoms with Crippen molar-refractivity contribution >= 4 is 34.6 Å². The monoisotopic (exact) mass is 541 g/mol. The van der Waals surface area contributed by atoms with Crippen LogP contribution >= 0.6 is 0 Å². The highest BCUT2D eigenvalue weighted by molar-refractivity contribution is 5.93. The largest absolute Gasteiger partial charge is 0.497 e. The maximum atomic E-state index is 13.7. The Labute approximate surface area is 227 Å². The standard InChI is InChI=1S/C27H35N5O7/c1-7-22(33)31(5)15-20(30-26(36)39-27(2,3)4)25(35)32-14-18(13-21(32)23(28)34)38-24-19-9-8-17(37-6)12-16(19)10-11-29-24/h7-12,18,20-21H,1,13-15H2,2-6H3,(H2,28,34)(H,30,36)/t18-,20+,21+/m1/s1. The number of fused-ring (bicyclic) bond motifs is 1. The number of hydrogen-bond donors (Lipinski definition) is 2. The topological polar surface area (TPSA) is 153 Å². The molecule has 1 saturated heterocycles. The number of carbonyl (C=O) groups excluding carboxylic acids is 4. The molecular formula is C27H35N5O7. The zero-order valence-electron chi connectivity index (χ0n) is 22.8. The van der Waals surface area contributed by atoms with Gasteiger partial charge in [-0.3, -0.25) is 14.4 Å². The molecule has 0 bridgehead atoms. The second kappa shape index (κ2) is 12.0. The van der Waals surface area contributed by atoms with Crippen molar-refractivity contribution in [1.82, 2.24) is 20.1 Å². The Kier molecular flexibility index (Phi) is 9.00. The van der Waals surface area contributed by atoms with Crippen LogP contribution in [-0.4, -0.2) is 89.6 Å². The van der Waals surface area contributed by atoms with E-state index in [2.05, 4.69) is 16.9 Å². The van der Waals surface area contributed by atoms with Crippen LogP contribution in [0.3, 0.4) is 0 Å². The number of nitrogens with one attached hydrogen (secondary N) is 1. The molecule has 4 amide bonds. The molecular weight excluding hydrogens is 506 g/mol. The second-order valence-corrected chi connectivity index (χ2v) is 10.2. The van der Waals surface area contributed by atoms with Crippen molar-refractivity contribution in [2.24, 2.45) is 5.73 Å². The summed E-state index contributed by atoms with van der Waals surface area (Å²) in [7, 11) is 3.04. The molecule has 39 heavy (non-hydrogen) atoms. The van der Waals surface area contributed by atoms with Gasteiger partial charge in [0.1, 0.15) is 29.5 Å². The molecule has 0 spiro atoms. The van der Waals surface area contributed by atoms with Crippen LogP contribution in [0.15, 0.2) is 43.1 Å². The van der Waals surface area contributed by atoms with E-state index in [1.54, 1.807) is 40.1 Å². The lowest BCUT2D eigenvalue weighted by Crippen LogP contribution is -2.57. The second-order valence-electron chi connectivity index (χ2n) is 10.2. The van der Waals surface area contributed by atoms with E-state index in [-0.39, 0.29) is 19.5 Å². The molecule has 0 radical (unpaired) electrons. The van der Waals surface area contributed by atoms with Gasteiger partial charge in [0.25, 0.3) is 0 Å². The maximum Gasteiger partial charge on any atom is 0.408 e. The summed E-state index contributed by atoms with van der Waals surface area (Å²) < 4.78 is 16.7. The number of benzene rings is 1. The third-order valence-electron chi connectivity index (χ3n) is 6.08. The smallest absolute Gasteiger partial charge is 0.408 e. The summed E-state index contributed by atoms with van der Waals surface area (Å²) in [5, 5.41) is 4.09. The van der Waals surface area contributed by atoms with E-state index < -0.39 is 47.6 Å². The van der Waals surface area contributed by atoms with Crippen LogP contribution < -0.4 is 20.5 Å². The number of aromatic nitrogens is 1. The van der Waals surface area contributed by atoms with Gasteiger partial charge in [-0.2, -0.15) is 0 Å². The Morgan fingerprint density at radius 3 is 2.62 bits per heavy atom. The van der Waals surface area contributed by atoms with E-state index in [9.17, 15) is 19.2 Å². The Hall–Kier alpha value is -4.35. The van der Waals surface area contributed by atoms with E-state index in [4.69, 9.17) is 19.9 Å². The molecule has 2 heterocycles. The number of nitrogens with two attached hydrogens (primary N) is 1. The van der Waals surface area contributed by atoms with Crippen LogP contribution in [0.4, 0.5) is 4.79 Å². The number of alkyl carbamates (subject to hydrolysis) is 1. The number of likely N-dealkylation sites (N-methyl/N-ethyl adjacent to an activating group) is 1. The Balaban J connectivity index is 1.84. The summed E-state index contributed by atoms with van der Waals surface area (Å²) in [6.45, 7) is 8.30. The summed E-state index contributed by atoms with van der Waals surface area (Å²) in [4.78, 5) is 57.5. The normalized spacial score (nSPS) is 17.7. The number of amides is 4. The van der Waals surface area contributed by atoms with E-state index in [0.717, 1.165) is 16.8 Å². The predicted molar refractivity (Wildman–Crippen MR) is 143 cm³/mol. The number of carbonyl (C=O) groups is 4. The van der Waals surface area contributed by atoms with Crippen LogP contribution in [0.5, 0.6) is 11.6 Å². The van der Waals surface area contributed by atoms with Crippen molar-refractivity contribution in [3.05, 3.63) is 43.1 Å². The molecule has 0 unspecified atom stereocenters. The van der Waals surface area contributed by atoms with E-state index >= 15 is 0 Å². The molecule has 3 N–H and O–H groups in total. The lowest BCUT2D eigenvalue weighted by atomic mass is 10.1. The van der Waals surface area contributed by atoms with Crippen molar-refractivity contribution in [1.29, 1.82) is 0 Å². The SMILES string of the molecule is C=CC(=O)N(C)C[C@H](NC(=O)OC(C)(C)C)C(=O)N1C[C@H](Oc2nccc3cc(OC)ccc23)C[C@H]1C(N)=O. The third-order valence-corrected chi connectivity index (χ3v) is 6.08. The molecule has 1 aliphatic heterocycles. The van der Waals surface area contributed by atoms with Gasteiger partial charge < -0.3 is 35.1 Å². The zero-order valence-corrected chi connectivity index (χ0v) is 22.8. The number of nitrogens with zero attached hydrogens (tertiary/aromatic N) is 3. The summed E-state index contributed by atoms with van der Waals surface area (Å²) in [6.07, 6.45) is 1.34. The van der Waals surface area contributed by atoms with Gasteiger partial charge in [0.05, 0.1) is 20.2 Å². The number of methoxy groups -OCH3 is 1. The van der Waals surface area contributed by atoms with Crippen molar-refractivity contribution in [2.75, 3.05) is 27.2 Å². The molecule has 3 atom stereocenters. The summed E-state index contributed by atoms with van der Waals surface area (Å²) >= 11 is 0. The van der Waals surface area contributed by atoms with Gasteiger partial charge in [0.15, 0.2) is 0 Å². The van der Waals surface area contributed by atoms with Crippen LogP contribution in [0, 0.1) is 0 Å². The molecule has 1 aromatic carbocycles. The van der Waals surface area contributed by atoms with E-state index in [1.807, 2.05) is 18.2 Å². The van der Waals surface area contributed by atoms with Gasteiger partial charge in [-0.15, -0.1) is 0 Å². The maximum absolute atomic E-state index is 13.7. The molecule has 210 valence electrons. The third kappa shape index (κ3) is 7.37. The van der Waals surface area contributed by atoms with Gasteiger partial charge in [0.2, 0.25) is 23.6 Å². The molecule has 1 aromatic heterocycles. The first kappa shape index (κ1) is 29.2. The molecule has 1 aliphatic rings. The molecule has 0 saturated carbocycles. The first-order valence-corrected chi connectivity index (χ1v) is 12.4. The van der Waals surface area contributed by atoms with Gasteiger partial charge in [-0.1, -0.05) is 6.58 Å². The predicted octanol–water partition coefficient (Wildman–Crippen LogP) is 1.61. The Morgan fingerprint density at radius 1 is 1.28 bits per heavy atom. The van der Waals surface area contributed by atoms with Gasteiger partial charge >= 0.3 is 6.09 Å². The molecule has 0 aliphatic carbocycles. The first-order chi connectivity index (χ1) is 18.3. The van der Waals surface area contributed by atoms with Crippen molar-refractivity contribution in [3.63, 3.8) is 0 Å². The fraction of sp³-hybridized carbons (Fsp3) is 0.444. The number of primary amides is 1. The van der Waals surface area contributed by atoms with Crippen LogP contribution in [0.1, 0.15) is 27.2 Å². The number of likely N-dealkylation sites (tertiary alicyclic amines) is 1. The molecule has 3 rings (SSSR count). The van der Waals surface area contributed by atoms with Crippen LogP contribution in [0.2, 0.25) is 0 Å². The lowest BCUT2D eigenvalue weighted by molar-refractivity contribution is -0.140. The minimum absolute atomic E-state index is 0.00623. The highest BCUT2D eigenvalue weighted by atomic mass is 16.6. The summed E-state index contributed by atoms with van der Waals surface area (Å²) in [5.41, 5.74) is 4.83. The van der Waals surface area contributed by atoms with Crippen LogP contribution in [0.25, 0.3) is 10.8 Å². The van der Waals surface area contributed by atoms with Gasteiger partial charge in [0, 0.05) is 25.1 Å². The quantitative estimate of drug-likeness (QED) is 0.454. The van der Waals surface area contributed by atoms with Crippen LogP contribution in [-0.2, 0) is 19.1 Å². The molecule has 2 aromatic rings. The summed E-state index contributed by atoms with van der Waals surface area (Å²) in [6, 6.07) is 5.02. The minimum atomic E-state index is -1.22. The minimum Gasteiger partial charge on any atom is -0.497 e. The number of pyridine rings is 1. The highest BCUT2D eigenvalue weighted by Gasteiger charge is 2.43. The van der Waals surface area contributed by atoms with Gasteiger partial charge in [-0.25, -0.2) is 9.78 Å². The molecule has 12 heteroatoms. The molecule has 1 fully saturated rings. The Bertz CT molecular complexity index is 1260.